The van der Waals surface area contributed by atoms with Crippen molar-refractivity contribution in [3.8, 4) is 11.5 Å². The number of H-pyrrole nitrogens is 1. The van der Waals surface area contributed by atoms with Gasteiger partial charge in [0.15, 0.2) is 6.10 Å². The van der Waals surface area contributed by atoms with Crippen molar-refractivity contribution in [1.82, 2.24) is 14.8 Å². The molecule has 0 bridgehead atoms. The van der Waals surface area contributed by atoms with E-state index in [1.165, 1.54) is 44.1 Å². The fourth-order valence-electron chi connectivity index (χ4n) is 6.06. The normalized spacial score (nSPS) is 12.0. The highest BCUT2D eigenvalue weighted by molar-refractivity contribution is 6.34. The number of unbranched alkanes of at least 4 members (excludes halogenated alkanes) is 7. The minimum atomic E-state index is -0.577. The Labute approximate surface area is 289 Å². The van der Waals surface area contributed by atoms with Gasteiger partial charge in [-0.05, 0) is 105 Å². The molecule has 1 atom stereocenters. The van der Waals surface area contributed by atoms with Crippen LogP contribution in [0.3, 0.4) is 0 Å². The van der Waals surface area contributed by atoms with Gasteiger partial charge in [0.2, 0.25) is 0 Å². The average Bonchev–Trinajstić information content (AvgIpc) is 3.60. The minimum absolute atomic E-state index is 0.121. The van der Waals surface area contributed by atoms with Gasteiger partial charge in [-0.1, -0.05) is 99.9 Å². The maximum absolute atomic E-state index is 13.5. The lowest BCUT2D eigenvalue weighted by Crippen LogP contribution is -2.33. The molecule has 0 spiro atoms. The van der Waals surface area contributed by atoms with Gasteiger partial charge in [0, 0.05) is 11.4 Å². The molecule has 1 amide bonds. The van der Waals surface area contributed by atoms with Gasteiger partial charge in [0.25, 0.3) is 5.91 Å². The molecule has 8 heteroatoms. The number of hydrogen-bond donors (Lipinski definition) is 3. The molecule has 0 aliphatic carbocycles. The first-order valence-electron chi connectivity index (χ1n) is 17.5. The summed E-state index contributed by atoms with van der Waals surface area (Å²) in [6, 6.07) is 25.4. The standard InChI is InChI=1S/C40H49ClN4O3/c1-3-4-5-6-7-8-9-10-14-38(48-36-25-19-32(20-26-36)27-31-17-23-35(46)24-18-31)40(47)42-33-21-15-30(16-22-33)12-11-13-34-28-37-39(41)29(2)43-45(37)44-34/h15-26,28,38,44,46H,3-14,27H2,1-2H3,(H,42,47). The van der Waals surface area contributed by atoms with E-state index in [-0.39, 0.29) is 11.7 Å². The molecule has 2 aromatic heterocycles. The first kappa shape index (κ1) is 35.1. The number of phenols is 1. The number of ether oxygens (including phenoxy) is 1. The number of aromatic amines is 1. The van der Waals surface area contributed by atoms with E-state index in [0.29, 0.717) is 17.2 Å². The second kappa shape index (κ2) is 17.8. The number of hydrogen-bond acceptors (Lipinski definition) is 4. The summed E-state index contributed by atoms with van der Waals surface area (Å²) >= 11 is 6.34. The molecule has 254 valence electrons. The number of carbonyl (C=O) groups excluding carboxylic acids is 1. The second-order valence-electron chi connectivity index (χ2n) is 12.9. The van der Waals surface area contributed by atoms with E-state index in [4.69, 9.17) is 16.3 Å². The van der Waals surface area contributed by atoms with Crippen molar-refractivity contribution >= 4 is 28.7 Å². The molecule has 0 aliphatic rings. The smallest absolute Gasteiger partial charge is 0.265 e. The summed E-state index contributed by atoms with van der Waals surface area (Å²) in [5.74, 6) is 0.831. The molecule has 0 radical (unpaired) electrons. The first-order valence-corrected chi connectivity index (χ1v) is 17.9. The zero-order valence-electron chi connectivity index (χ0n) is 28.3. The molecule has 0 saturated carbocycles. The number of nitrogens with zero attached hydrogens (tertiary/aromatic N) is 2. The monoisotopic (exact) mass is 668 g/mol. The van der Waals surface area contributed by atoms with Gasteiger partial charge in [-0.3, -0.25) is 9.89 Å². The summed E-state index contributed by atoms with van der Waals surface area (Å²) in [6.07, 6.45) is 13.3. The predicted molar refractivity (Wildman–Crippen MR) is 195 cm³/mol. The van der Waals surface area contributed by atoms with Crippen LogP contribution in [0.4, 0.5) is 5.69 Å². The van der Waals surface area contributed by atoms with Crippen LogP contribution in [-0.4, -0.2) is 31.9 Å². The van der Waals surface area contributed by atoms with Gasteiger partial charge in [-0.25, -0.2) is 0 Å². The van der Waals surface area contributed by atoms with E-state index in [2.05, 4.69) is 40.6 Å². The maximum atomic E-state index is 13.5. The molecule has 7 nitrogen and oxygen atoms in total. The van der Waals surface area contributed by atoms with Gasteiger partial charge < -0.3 is 15.2 Å². The van der Waals surface area contributed by atoms with E-state index in [1.807, 2.05) is 55.5 Å². The van der Waals surface area contributed by atoms with Gasteiger partial charge in [0.1, 0.15) is 17.0 Å². The number of nitrogens with one attached hydrogen (secondary N) is 2. The molecular formula is C40H49ClN4O3. The Balaban J connectivity index is 1.13. The van der Waals surface area contributed by atoms with Crippen LogP contribution in [0.25, 0.3) is 5.52 Å². The van der Waals surface area contributed by atoms with E-state index in [1.54, 1.807) is 16.8 Å². The Hall–Kier alpha value is -4.23. The SMILES string of the molecule is CCCCCCCCCCC(Oc1ccc(Cc2ccc(O)cc2)cc1)C(=O)Nc1ccc(CCCc2cc3c(Cl)c(C)nn3[nH]2)cc1. The van der Waals surface area contributed by atoms with Crippen LogP contribution >= 0.6 is 11.6 Å². The number of fused-ring (bicyclic) bond motifs is 1. The lowest BCUT2D eigenvalue weighted by Gasteiger charge is -2.19. The van der Waals surface area contributed by atoms with Gasteiger partial charge in [-0.15, -0.1) is 0 Å². The summed E-state index contributed by atoms with van der Waals surface area (Å²) < 4.78 is 8.06. The molecule has 1 unspecified atom stereocenters. The van der Waals surface area contributed by atoms with Crippen LogP contribution in [0.15, 0.2) is 78.9 Å². The van der Waals surface area contributed by atoms with Crippen molar-refractivity contribution in [1.29, 1.82) is 0 Å². The Morgan fingerprint density at radius 1 is 0.854 bits per heavy atom. The summed E-state index contributed by atoms with van der Waals surface area (Å²) in [5.41, 5.74) is 7.10. The quantitative estimate of drug-likeness (QED) is 0.0764. The second-order valence-corrected chi connectivity index (χ2v) is 13.3. The van der Waals surface area contributed by atoms with Gasteiger partial charge in [0.05, 0.1) is 10.7 Å². The number of aromatic hydroxyl groups is 1. The Morgan fingerprint density at radius 3 is 2.15 bits per heavy atom. The van der Waals surface area contributed by atoms with Crippen molar-refractivity contribution in [3.05, 3.63) is 112 Å². The third kappa shape index (κ3) is 10.4. The highest BCUT2D eigenvalue weighted by atomic mass is 35.5. The van der Waals surface area contributed by atoms with E-state index >= 15 is 0 Å². The minimum Gasteiger partial charge on any atom is -0.508 e. The molecule has 0 saturated heterocycles. The third-order valence-electron chi connectivity index (χ3n) is 8.87. The molecule has 3 aromatic carbocycles. The number of carbonyl (C=O) groups is 1. The molecule has 0 fully saturated rings. The van der Waals surface area contributed by atoms with Crippen molar-refractivity contribution < 1.29 is 14.6 Å². The number of anilines is 1. The number of halogens is 1. The number of amides is 1. The van der Waals surface area contributed by atoms with Gasteiger partial charge >= 0.3 is 0 Å². The molecule has 48 heavy (non-hydrogen) atoms. The zero-order valence-corrected chi connectivity index (χ0v) is 29.1. The van der Waals surface area contributed by atoms with Crippen LogP contribution in [0.2, 0.25) is 5.02 Å². The summed E-state index contributed by atoms with van der Waals surface area (Å²) in [7, 11) is 0. The summed E-state index contributed by atoms with van der Waals surface area (Å²) in [5, 5.41) is 21.1. The number of aromatic nitrogens is 3. The predicted octanol–water partition coefficient (Wildman–Crippen LogP) is 10.0. The number of phenolic OH excluding ortho intramolecular Hbond substituents is 1. The Bertz CT molecular complexity index is 1710. The van der Waals surface area contributed by atoms with Crippen molar-refractivity contribution in [3.63, 3.8) is 0 Å². The van der Waals surface area contributed by atoms with Crippen LogP contribution in [0.1, 0.15) is 99.2 Å². The van der Waals surface area contributed by atoms with E-state index in [0.717, 1.165) is 72.2 Å². The van der Waals surface area contributed by atoms with Crippen LogP contribution in [0.5, 0.6) is 11.5 Å². The average molecular weight is 669 g/mol. The number of aryl methyl sites for hydroxylation is 3. The molecule has 5 rings (SSSR count). The van der Waals surface area contributed by atoms with E-state index in [9.17, 15) is 9.90 Å². The number of rotatable bonds is 19. The van der Waals surface area contributed by atoms with Crippen molar-refractivity contribution in [2.45, 2.75) is 103 Å². The highest BCUT2D eigenvalue weighted by Crippen LogP contribution is 2.24. The lowest BCUT2D eigenvalue weighted by molar-refractivity contribution is -0.123. The van der Waals surface area contributed by atoms with Crippen LogP contribution < -0.4 is 10.1 Å². The molecule has 3 N–H and O–H groups in total. The Morgan fingerprint density at radius 2 is 1.48 bits per heavy atom. The van der Waals surface area contributed by atoms with Crippen molar-refractivity contribution in [2.75, 3.05) is 5.32 Å². The van der Waals surface area contributed by atoms with Crippen LogP contribution in [0, 0.1) is 6.92 Å². The lowest BCUT2D eigenvalue weighted by atomic mass is 10.0. The maximum Gasteiger partial charge on any atom is 0.265 e. The molecule has 5 aromatic rings. The fourth-order valence-corrected chi connectivity index (χ4v) is 6.24. The summed E-state index contributed by atoms with van der Waals surface area (Å²) in [4.78, 5) is 13.5. The third-order valence-corrected chi connectivity index (χ3v) is 9.34. The largest absolute Gasteiger partial charge is 0.508 e. The zero-order chi connectivity index (χ0) is 33.7. The van der Waals surface area contributed by atoms with Crippen molar-refractivity contribution in [2.24, 2.45) is 0 Å². The number of benzene rings is 3. The van der Waals surface area contributed by atoms with Gasteiger partial charge in [-0.2, -0.15) is 9.73 Å². The molecule has 0 aliphatic heterocycles. The fraction of sp³-hybridized carbons (Fsp3) is 0.400. The first-order chi connectivity index (χ1) is 23.4. The van der Waals surface area contributed by atoms with Crippen LogP contribution in [-0.2, 0) is 24.1 Å². The van der Waals surface area contributed by atoms with E-state index < -0.39 is 6.10 Å². The molecule has 2 heterocycles. The molecular weight excluding hydrogens is 620 g/mol. The summed E-state index contributed by atoms with van der Waals surface area (Å²) in [6.45, 7) is 4.14. The Kier molecular flexibility index (Phi) is 13.0. The topological polar surface area (TPSA) is 91.7 Å². The highest BCUT2D eigenvalue weighted by Gasteiger charge is 2.21.